The predicted molar refractivity (Wildman–Crippen MR) is 92.0 cm³/mol. The van der Waals surface area contributed by atoms with Gasteiger partial charge in [0.15, 0.2) is 0 Å². The third-order valence-corrected chi connectivity index (χ3v) is 4.11. The monoisotopic (exact) mass is 326 g/mol. The second-order valence-electron chi connectivity index (χ2n) is 5.76. The molecule has 126 valence electrons. The third kappa shape index (κ3) is 4.06. The lowest BCUT2D eigenvalue weighted by Crippen LogP contribution is -2.35. The van der Waals surface area contributed by atoms with Crippen LogP contribution in [0.3, 0.4) is 0 Å². The summed E-state index contributed by atoms with van der Waals surface area (Å²) in [5, 5.41) is 6.10. The summed E-state index contributed by atoms with van der Waals surface area (Å²) in [6.07, 6.45) is 0.846. The Balaban J connectivity index is 1.52. The van der Waals surface area contributed by atoms with Crippen molar-refractivity contribution < 1.29 is 14.3 Å². The number of para-hydroxylation sites is 1. The summed E-state index contributed by atoms with van der Waals surface area (Å²) in [5.41, 5.74) is 2.14. The zero-order valence-electron chi connectivity index (χ0n) is 13.7. The van der Waals surface area contributed by atoms with Crippen LogP contribution in [-0.2, 0) is 17.9 Å². The molecule has 1 heterocycles. The highest BCUT2D eigenvalue weighted by molar-refractivity contribution is 5.83. The van der Waals surface area contributed by atoms with Gasteiger partial charge in [-0.15, -0.1) is 0 Å². The minimum atomic E-state index is -0.0773. The van der Waals surface area contributed by atoms with Gasteiger partial charge in [-0.05, 0) is 30.2 Å². The van der Waals surface area contributed by atoms with Gasteiger partial charge in [-0.25, -0.2) is 0 Å². The van der Waals surface area contributed by atoms with E-state index in [9.17, 15) is 4.79 Å². The van der Waals surface area contributed by atoms with E-state index in [-0.39, 0.29) is 11.9 Å². The van der Waals surface area contributed by atoms with Crippen LogP contribution in [0, 0.1) is 0 Å². The molecule has 0 bridgehead atoms. The number of benzene rings is 2. The van der Waals surface area contributed by atoms with Gasteiger partial charge in [-0.1, -0.05) is 30.3 Å². The largest absolute Gasteiger partial charge is 0.496 e. The van der Waals surface area contributed by atoms with E-state index in [0.717, 1.165) is 35.6 Å². The molecule has 5 nitrogen and oxygen atoms in total. The van der Waals surface area contributed by atoms with Gasteiger partial charge in [0.05, 0.1) is 13.2 Å². The normalized spacial score (nSPS) is 16.7. The first kappa shape index (κ1) is 16.3. The number of methoxy groups -OCH3 is 1. The van der Waals surface area contributed by atoms with Gasteiger partial charge in [0, 0.05) is 18.7 Å². The average molecular weight is 326 g/mol. The summed E-state index contributed by atoms with van der Waals surface area (Å²) in [6, 6.07) is 15.7. The van der Waals surface area contributed by atoms with E-state index in [1.165, 1.54) is 0 Å². The Hall–Kier alpha value is -2.53. The highest BCUT2D eigenvalue weighted by Crippen LogP contribution is 2.20. The quantitative estimate of drug-likeness (QED) is 0.819. The molecule has 1 aliphatic rings. The van der Waals surface area contributed by atoms with Crippen LogP contribution in [0.5, 0.6) is 11.5 Å². The van der Waals surface area contributed by atoms with Gasteiger partial charge in [-0.2, -0.15) is 0 Å². The molecular formula is C19H22N2O3. The number of hydrogen-bond donors (Lipinski definition) is 2. The van der Waals surface area contributed by atoms with Gasteiger partial charge in [-0.3, -0.25) is 4.79 Å². The number of ether oxygens (including phenoxy) is 2. The van der Waals surface area contributed by atoms with Crippen molar-refractivity contribution in [2.24, 2.45) is 0 Å². The molecule has 1 unspecified atom stereocenters. The second kappa shape index (κ2) is 7.84. The molecule has 1 amide bonds. The maximum absolute atomic E-state index is 11.5. The first-order valence-corrected chi connectivity index (χ1v) is 8.11. The van der Waals surface area contributed by atoms with E-state index in [1.54, 1.807) is 7.11 Å². The van der Waals surface area contributed by atoms with Crippen LogP contribution in [0.1, 0.15) is 17.5 Å². The Morgan fingerprint density at radius 1 is 1.17 bits per heavy atom. The third-order valence-electron chi connectivity index (χ3n) is 4.11. The van der Waals surface area contributed by atoms with E-state index >= 15 is 0 Å². The zero-order valence-corrected chi connectivity index (χ0v) is 13.7. The molecule has 0 radical (unpaired) electrons. The van der Waals surface area contributed by atoms with Crippen molar-refractivity contribution >= 4 is 5.91 Å². The minimum Gasteiger partial charge on any atom is -0.496 e. The van der Waals surface area contributed by atoms with Crippen molar-refractivity contribution in [3.63, 3.8) is 0 Å². The molecule has 1 fully saturated rings. The van der Waals surface area contributed by atoms with Crippen LogP contribution in [0.15, 0.2) is 48.5 Å². The summed E-state index contributed by atoms with van der Waals surface area (Å²) in [7, 11) is 1.66. The first-order valence-electron chi connectivity index (χ1n) is 8.11. The van der Waals surface area contributed by atoms with Crippen molar-refractivity contribution in [2.75, 3.05) is 13.7 Å². The molecule has 3 rings (SSSR count). The SMILES string of the molecule is COc1ccccc1COc1ccc(CNC2CCNC2=O)cc1. The van der Waals surface area contributed by atoms with Crippen molar-refractivity contribution in [1.29, 1.82) is 0 Å². The summed E-state index contributed by atoms with van der Waals surface area (Å²) in [5.74, 6) is 1.73. The van der Waals surface area contributed by atoms with Gasteiger partial charge >= 0.3 is 0 Å². The Morgan fingerprint density at radius 2 is 1.96 bits per heavy atom. The average Bonchev–Trinajstić information content (AvgIpc) is 3.04. The summed E-state index contributed by atoms with van der Waals surface area (Å²) in [6.45, 7) is 1.89. The number of rotatable bonds is 7. The molecule has 2 N–H and O–H groups in total. The Labute approximate surface area is 142 Å². The lowest BCUT2D eigenvalue weighted by Gasteiger charge is -2.12. The Morgan fingerprint density at radius 3 is 2.67 bits per heavy atom. The van der Waals surface area contributed by atoms with E-state index in [1.807, 2.05) is 48.5 Å². The summed E-state index contributed by atoms with van der Waals surface area (Å²) in [4.78, 5) is 11.5. The Bertz CT molecular complexity index is 685. The number of nitrogens with one attached hydrogen (secondary N) is 2. The minimum absolute atomic E-state index is 0.0773. The van der Waals surface area contributed by atoms with Crippen molar-refractivity contribution in [2.45, 2.75) is 25.6 Å². The Kier molecular flexibility index (Phi) is 5.33. The molecule has 1 saturated heterocycles. The van der Waals surface area contributed by atoms with Gasteiger partial charge < -0.3 is 20.1 Å². The first-order chi connectivity index (χ1) is 11.8. The van der Waals surface area contributed by atoms with Gasteiger partial charge in [0.1, 0.15) is 18.1 Å². The molecule has 24 heavy (non-hydrogen) atoms. The number of carbonyl (C=O) groups excluding carboxylic acids is 1. The van der Waals surface area contributed by atoms with E-state index in [2.05, 4.69) is 10.6 Å². The second-order valence-corrected chi connectivity index (χ2v) is 5.76. The van der Waals surface area contributed by atoms with E-state index < -0.39 is 0 Å². The zero-order chi connectivity index (χ0) is 16.8. The van der Waals surface area contributed by atoms with Crippen molar-refractivity contribution in [1.82, 2.24) is 10.6 Å². The fourth-order valence-electron chi connectivity index (χ4n) is 2.72. The highest BCUT2D eigenvalue weighted by atomic mass is 16.5. The van der Waals surface area contributed by atoms with Gasteiger partial charge in [0.2, 0.25) is 5.91 Å². The van der Waals surface area contributed by atoms with Crippen LogP contribution in [-0.4, -0.2) is 25.6 Å². The van der Waals surface area contributed by atoms with Crippen LogP contribution in [0.4, 0.5) is 0 Å². The number of carbonyl (C=O) groups is 1. The molecular weight excluding hydrogens is 304 g/mol. The van der Waals surface area contributed by atoms with Crippen molar-refractivity contribution in [3.8, 4) is 11.5 Å². The molecule has 0 aliphatic carbocycles. The molecule has 0 spiro atoms. The highest BCUT2D eigenvalue weighted by Gasteiger charge is 2.22. The van der Waals surface area contributed by atoms with Crippen LogP contribution in [0.2, 0.25) is 0 Å². The smallest absolute Gasteiger partial charge is 0.237 e. The predicted octanol–water partition coefficient (Wildman–Crippen LogP) is 2.25. The van der Waals surface area contributed by atoms with Crippen LogP contribution < -0.4 is 20.1 Å². The molecule has 2 aromatic rings. The topological polar surface area (TPSA) is 59.6 Å². The molecule has 0 saturated carbocycles. The van der Waals surface area contributed by atoms with E-state index in [4.69, 9.17) is 9.47 Å². The molecule has 0 aromatic heterocycles. The van der Waals surface area contributed by atoms with Crippen LogP contribution >= 0.6 is 0 Å². The van der Waals surface area contributed by atoms with E-state index in [0.29, 0.717) is 13.2 Å². The summed E-state index contributed by atoms with van der Waals surface area (Å²) < 4.78 is 11.1. The molecule has 1 aliphatic heterocycles. The standard InChI is InChI=1S/C19H22N2O3/c1-23-18-5-3-2-4-15(18)13-24-16-8-6-14(7-9-16)12-21-17-10-11-20-19(17)22/h2-9,17,21H,10-13H2,1H3,(H,20,22). The fraction of sp³-hybridized carbons (Fsp3) is 0.316. The van der Waals surface area contributed by atoms with Gasteiger partial charge in [0.25, 0.3) is 0 Å². The summed E-state index contributed by atoms with van der Waals surface area (Å²) >= 11 is 0. The lowest BCUT2D eigenvalue weighted by molar-refractivity contribution is -0.120. The number of hydrogen-bond acceptors (Lipinski definition) is 4. The van der Waals surface area contributed by atoms with Crippen LogP contribution in [0.25, 0.3) is 0 Å². The molecule has 1 atom stereocenters. The molecule has 5 heteroatoms. The lowest BCUT2D eigenvalue weighted by atomic mass is 10.2. The van der Waals surface area contributed by atoms with Crippen molar-refractivity contribution in [3.05, 3.63) is 59.7 Å². The fourth-order valence-corrected chi connectivity index (χ4v) is 2.72. The number of amides is 1. The maximum Gasteiger partial charge on any atom is 0.237 e. The maximum atomic E-state index is 11.5. The molecule has 2 aromatic carbocycles.